The van der Waals surface area contributed by atoms with E-state index in [-0.39, 0.29) is 0 Å². The first-order chi connectivity index (χ1) is 9.79. The molecule has 0 unspecified atom stereocenters. The van der Waals surface area contributed by atoms with E-state index in [0.29, 0.717) is 25.6 Å². The van der Waals surface area contributed by atoms with Crippen molar-refractivity contribution in [3.05, 3.63) is 47.1 Å². The Morgan fingerprint density at radius 3 is 2.85 bits per heavy atom. The lowest BCUT2D eigenvalue weighted by molar-refractivity contribution is 0.210. The van der Waals surface area contributed by atoms with E-state index < -0.39 is 0 Å². The fraction of sp³-hybridized carbons (Fsp3) is 0.286. The molecule has 106 valence electrons. The van der Waals surface area contributed by atoms with Crippen molar-refractivity contribution >= 4 is 23.4 Å². The zero-order chi connectivity index (χ0) is 14.2. The summed E-state index contributed by atoms with van der Waals surface area (Å²) in [7, 11) is 1.66. The van der Waals surface area contributed by atoms with E-state index in [1.165, 1.54) is 0 Å². The Bertz CT molecular complexity index is 550. The summed E-state index contributed by atoms with van der Waals surface area (Å²) in [5.74, 6) is 1.33. The first-order valence-corrected chi connectivity index (χ1v) is 6.70. The van der Waals surface area contributed by atoms with E-state index >= 15 is 0 Å². The van der Waals surface area contributed by atoms with Gasteiger partial charge in [0.25, 0.3) is 0 Å². The number of anilines is 2. The molecule has 0 spiro atoms. The molecule has 1 aromatic carbocycles. The minimum atomic E-state index is 0.562. The van der Waals surface area contributed by atoms with Crippen LogP contribution < -0.4 is 10.6 Å². The number of ether oxygens (including phenoxy) is 1. The Morgan fingerprint density at radius 2 is 2.05 bits per heavy atom. The lowest BCUT2D eigenvalue weighted by Gasteiger charge is -2.09. The van der Waals surface area contributed by atoms with E-state index in [9.17, 15) is 0 Å². The lowest BCUT2D eigenvalue weighted by atomic mass is 10.2. The summed E-state index contributed by atoms with van der Waals surface area (Å²) in [6.07, 6.45) is 1.71. The van der Waals surface area contributed by atoms with Gasteiger partial charge in [-0.2, -0.15) is 4.98 Å². The fourth-order valence-electron chi connectivity index (χ4n) is 1.64. The first kappa shape index (κ1) is 14.6. The highest BCUT2D eigenvalue weighted by Gasteiger charge is 2.01. The van der Waals surface area contributed by atoms with Gasteiger partial charge in [0, 0.05) is 31.4 Å². The number of hydrogen-bond donors (Lipinski definition) is 2. The van der Waals surface area contributed by atoms with Crippen molar-refractivity contribution < 1.29 is 4.74 Å². The van der Waals surface area contributed by atoms with E-state index in [2.05, 4.69) is 20.6 Å². The maximum absolute atomic E-state index is 6.10. The van der Waals surface area contributed by atoms with Crippen LogP contribution in [-0.2, 0) is 11.3 Å². The van der Waals surface area contributed by atoms with Crippen LogP contribution in [0.3, 0.4) is 0 Å². The Hall–Kier alpha value is -1.85. The van der Waals surface area contributed by atoms with E-state index in [4.69, 9.17) is 16.3 Å². The fourth-order valence-corrected chi connectivity index (χ4v) is 1.84. The monoisotopic (exact) mass is 292 g/mol. The summed E-state index contributed by atoms with van der Waals surface area (Å²) in [6, 6.07) is 9.50. The second-order valence-corrected chi connectivity index (χ2v) is 4.54. The van der Waals surface area contributed by atoms with E-state index in [0.717, 1.165) is 16.4 Å². The van der Waals surface area contributed by atoms with Gasteiger partial charge in [-0.15, -0.1) is 0 Å². The third-order valence-corrected chi connectivity index (χ3v) is 3.03. The highest BCUT2D eigenvalue weighted by molar-refractivity contribution is 6.31. The minimum absolute atomic E-state index is 0.562. The van der Waals surface area contributed by atoms with Crippen LogP contribution in [-0.4, -0.2) is 30.2 Å². The predicted octanol–water partition coefficient (Wildman–Crippen LogP) is 2.80. The highest BCUT2D eigenvalue weighted by atomic mass is 35.5. The van der Waals surface area contributed by atoms with Crippen LogP contribution in [0.1, 0.15) is 5.56 Å². The van der Waals surface area contributed by atoms with Crippen LogP contribution in [0.2, 0.25) is 5.02 Å². The largest absolute Gasteiger partial charge is 0.383 e. The van der Waals surface area contributed by atoms with Crippen molar-refractivity contribution in [3.63, 3.8) is 0 Å². The number of halogens is 1. The van der Waals surface area contributed by atoms with Gasteiger partial charge in [0.15, 0.2) is 0 Å². The lowest BCUT2D eigenvalue weighted by Crippen LogP contribution is -2.10. The number of benzene rings is 1. The molecule has 5 nitrogen and oxygen atoms in total. The van der Waals surface area contributed by atoms with Gasteiger partial charge < -0.3 is 15.4 Å². The maximum Gasteiger partial charge on any atom is 0.224 e. The smallest absolute Gasteiger partial charge is 0.224 e. The topological polar surface area (TPSA) is 59.1 Å². The third-order valence-electron chi connectivity index (χ3n) is 2.66. The number of nitrogens with zero attached hydrogens (tertiary/aromatic N) is 2. The molecular formula is C14H17ClN4O. The zero-order valence-electron chi connectivity index (χ0n) is 11.3. The third kappa shape index (κ3) is 4.36. The van der Waals surface area contributed by atoms with E-state index in [1.54, 1.807) is 13.3 Å². The van der Waals surface area contributed by atoms with Crippen molar-refractivity contribution in [2.45, 2.75) is 6.54 Å². The van der Waals surface area contributed by atoms with Gasteiger partial charge in [-0.05, 0) is 17.7 Å². The molecule has 0 fully saturated rings. The molecule has 0 amide bonds. The van der Waals surface area contributed by atoms with Gasteiger partial charge in [0.2, 0.25) is 5.95 Å². The Labute approximate surface area is 123 Å². The maximum atomic E-state index is 6.10. The molecule has 20 heavy (non-hydrogen) atoms. The standard InChI is InChI=1S/C14H17ClN4O/c1-20-9-8-16-13-6-7-17-14(19-13)18-10-11-4-2-3-5-12(11)15/h2-7H,8-10H2,1H3,(H2,16,17,18,19). The van der Waals surface area contributed by atoms with Gasteiger partial charge in [-0.1, -0.05) is 29.8 Å². The molecule has 0 saturated carbocycles. The van der Waals surface area contributed by atoms with Crippen LogP contribution in [0.25, 0.3) is 0 Å². The molecule has 0 aliphatic rings. The predicted molar refractivity (Wildman–Crippen MR) is 81.2 cm³/mol. The van der Waals surface area contributed by atoms with Crippen LogP contribution >= 0.6 is 11.6 Å². The average Bonchev–Trinajstić information content (AvgIpc) is 2.47. The van der Waals surface area contributed by atoms with Crippen molar-refractivity contribution in [2.24, 2.45) is 0 Å². The average molecular weight is 293 g/mol. The van der Waals surface area contributed by atoms with Crippen molar-refractivity contribution in [3.8, 4) is 0 Å². The second kappa shape index (κ2) is 7.67. The van der Waals surface area contributed by atoms with Crippen LogP contribution in [0.15, 0.2) is 36.5 Å². The Kier molecular flexibility index (Phi) is 5.58. The van der Waals surface area contributed by atoms with Gasteiger partial charge in [0.1, 0.15) is 5.82 Å². The quantitative estimate of drug-likeness (QED) is 0.769. The Balaban J connectivity index is 1.93. The molecule has 0 aliphatic carbocycles. The molecule has 6 heteroatoms. The first-order valence-electron chi connectivity index (χ1n) is 6.32. The summed E-state index contributed by atoms with van der Waals surface area (Å²) >= 11 is 6.10. The van der Waals surface area contributed by atoms with Gasteiger partial charge in [-0.25, -0.2) is 4.98 Å². The minimum Gasteiger partial charge on any atom is -0.383 e. The van der Waals surface area contributed by atoms with Crippen LogP contribution in [0.4, 0.5) is 11.8 Å². The number of hydrogen-bond acceptors (Lipinski definition) is 5. The zero-order valence-corrected chi connectivity index (χ0v) is 12.0. The van der Waals surface area contributed by atoms with Gasteiger partial charge in [-0.3, -0.25) is 0 Å². The molecule has 0 saturated heterocycles. The van der Waals surface area contributed by atoms with E-state index in [1.807, 2.05) is 30.3 Å². The van der Waals surface area contributed by atoms with Crippen molar-refractivity contribution in [1.82, 2.24) is 9.97 Å². The summed E-state index contributed by atoms with van der Waals surface area (Å²) < 4.78 is 4.98. The number of rotatable bonds is 7. The summed E-state index contributed by atoms with van der Waals surface area (Å²) in [6.45, 7) is 1.92. The second-order valence-electron chi connectivity index (χ2n) is 4.13. The number of aromatic nitrogens is 2. The molecule has 2 N–H and O–H groups in total. The molecule has 2 rings (SSSR count). The van der Waals surface area contributed by atoms with Gasteiger partial charge in [0.05, 0.1) is 6.61 Å². The summed E-state index contributed by atoms with van der Waals surface area (Å²) in [4.78, 5) is 8.53. The van der Waals surface area contributed by atoms with Crippen LogP contribution in [0, 0.1) is 0 Å². The Morgan fingerprint density at radius 1 is 1.20 bits per heavy atom. The molecule has 1 heterocycles. The molecular weight excluding hydrogens is 276 g/mol. The molecule has 0 atom stereocenters. The molecule has 1 aromatic heterocycles. The number of methoxy groups -OCH3 is 1. The summed E-state index contributed by atoms with van der Waals surface area (Å²) in [5.41, 5.74) is 1.01. The van der Waals surface area contributed by atoms with Crippen molar-refractivity contribution in [1.29, 1.82) is 0 Å². The van der Waals surface area contributed by atoms with Crippen molar-refractivity contribution in [2.75, 3.05) is 30.9 Å². The SMILES string of the molecule is COCCNc1ccnc(NCc2ccccc2Cl)n1. The summed E-state index contributed by atoms with van der Waals surface area (Å²) in [5, 5.41) is 7.04. The highest BCUT2D eigenvalue weighted by Crippen LogP contribution is 2.16. The normalized spacial score (nSPS) is 10.3. The molecule has 0 aliphatic heterocycles. The molecule has 0 radical (unpaired) electrons. The molecule has 0 bridgehead atoms. The molecule has 2 aromatic rings. The van der Waals surface area contributed by atoms with Gasteiger partial charge >= 0.3 is 0 Å². The number of nitrogens with one attached hydrogen (secondary N) is 2. The van der Waals surface area contributed by atoms with Crippen LogP contribution in [0.5, 0.6) is 0 Å².